The Morgan fingerprint density at radius 3 is 1.80 bits per heavy atom. The molecule has 0 amide bonds. The van der Waals surface area contributed by atoms with Crippen LogP contribution in [-0.2, 0) is 20.1 Å². The van der Waals surface area contributed by atoms with Crippen molar-refractivity contribution >= 4 is 48.5 Å². The van der Waals surface area contributed by atoms with Crippen molar-refractivity contribution in [1.29, 1.82) is 0 Å². The fraction of sp³-hybridized carbons (Fsp3) is 0.176. The monoisotopic (exact) mass is 735 g/mol. The number of hydrogen-bond donors (Lipinski definition) is 0. The Morgan fingerprint density at radius 2 is 1.23 bits per heavy atom. The number of rotatable bonds is 4. The van der Waals surface area contributed by atoms with Crippen LogP contribution in [0.25, 0.3) is 44.5 Å². The number of benzene rings is 3. The molecule has 3 aromatic carbocycles. The first-order valence-corrected chi connectivity index (χ1v) is 20.3. The van der Waals surface area contributed by atoms with Gasteiger partial charge in [-0.2, -0.15) is 0 Å². The molecule has 3 nitrogen and oxygen atoms in total. The molecule has 3 heterocycles. The average Bonchev–Trinajstić information content (AvgIpc) is 3.32. The normalized spacial score (nSPS) is 11.6. The van der Waals surface area contributed by atoms with Crippen molar-refractivity contribution in [2.24, 2.45) is 0 Å². The fourth-order valence-corrected chi connectivity index (χ4v) is 6.49. The van der Waals surface area contributed by atoms with Crippen molar-refractivity contribution in [2.45, 2.75) is 39.3 Å². The van der Waals surface area contributed by atoms with E-state index in [-0.39, 0.29) is 20.1 Å². The van der Waals surface area contributed by atoms with E-state index in [0.29, 0.717) is 0 Å². The second-order valence-electron chi connectivity index (χ2n) is 11.8. The van der Waals surface area contributed by atoms with Gasteiger partial charge in [0.1, 0.15) is 5.58 Å². The molecule has 0 unspecified atom stereocenters. The van der Waals surface area contributed by atoms with Gasteiger partial charge in [-0.3, -0.25) is 0 Å². The van der Waals surface area contributed by atoms with E-state index in [1.807, 2.05) is 60.9 Å². The number of pyridine rings is 2. The molecule has 0 aliphatic heterocycles. The zero-order valence-corrected chi connectivity index (χ0v) is 28.3. The molecule has 0 saturated heterocycles. The molecule has 6 aromatic rings. The van der Waals surface area contributed by atoms with Gasteiger partial charge in [0.25, 0.3) is 0 Å². The Balaban J connectivity index is 0.000000192. The minimum absolute atomic E-state index is 0. The van der Waals surface area contributed by atoms with Crippen LogP contribution in [0.4, 0.5) is 0 Å². The maximum absolute atomic E-state index is 6.07. The second kappa shape index (κ2) is 12.2. The van der Waals surface area contributed by atoms with Crippen LogP contribution in [0.2, 0.25) is 39.3 Å². The van der Waals surface area contributed by atoms with Crippen molar-refractivity contribution in [1.82, 2.24) is 9.97 Å². The van der Waals surface area contributed by atoms with E-state index in [0.717, 1.165) is 44.5 Å². The van der Waals surface area contributed by atoms with E-state index in [4.69, 9.17) is 4.42 Å². The van der Waals surface area contributed by atoms with Gasteiger partial charge in [-0.15, -0.1) is 54.1 Å². The summed E-state index contributed by atoms with van der Waals surface area (Å²) in [6, 6.07) is 35.2. The van der Waals surface area contributed by atoms with Gasteiger partial charge >= 0.3 is 0 Å². The van der Waals surface area contributed by atoms with E-state index in [1.54, 1.807) is 0 Å². The standard InChI is InChI=1S/C20H18NOSi.C14H16NSi.Ir/c1-23(2,3)14-11-12-18(21-13-14)17-9-6-8-16-15-7-4-5-10-19(15)22-20(16)17;1-16(2,3)13-9-10-14(15-11-13)12-7-5-4-6-8-12;/h4-8,10-13H,1-3H3;4-7,9-11H,1-3H3;/q2*-1;. The summed E-state index contributed by atoms with van der Waals surface area (Å²) in [6.45, 7) is 14.0. The topological polar surface area (TPSA) is 38.9 Å². The minimum Gasteiger partial charge on any atom is -0.501 e. The van der Waals surface area contributed by atoms with Crippen molar-refractivity contribution in [3.8, 4) is 22.5 Å². The Morgan fingerprint density at radius 1 is 0.600 bits per heavy atom. The van der Waals surface area contributed by atoms with E-state index < -0.39 is 16.1 Å². The number of furan rings is 1. The Hall–Kier alpha value is -3.16. The van der Waals surface area contributed by atoms with E-state index in [9.17, 15) is 0 Å². The zero-order chi connectivity index (χ0) is 27.6. The molecule has 6 rings (SSSR count). The maximum Gasteiger partial charge on any atom is 0.120 e. The summed E-state index contributed by atoms with van der Waals surface area (Å²) in [5, 5.41) is 5.01. The van der Waals surface area contributed by atoms with Gasteiger partial charge in [0.15, 0.2) is 0 Å². The van der Waals surface area contributed by atoms with E-state index in [1.165, 1.54) is 10.4 Å². The van der Waals surface area contributed by atoms with Gasteiger partial charge in [0.2, 0.25) is 0 Å². The Bertz CT molecular complexity index is 1700. The molecule has 0 aliphatic carbocycles. The number of para-hydroxylation sites is 1. The van der Waals surface area contributed by atoms with Gasteiger partial charge in [0, 0.05) is 37.9 Å². The predicted molar refractivity (Wildman–Crippen MR) is 170 cm³/mol. The van der Waals surface area contributed by atoms with Crippen LogP contribution in [0, 0.1) is 12.1 Å². The molecule has 0 atom stereocenters. The van der Waals surface area contributed by atoms with Gasteiger partial charge in [-0.25, -0.2) is 0 Å². The van der Waals surface area contributed by atoms with Crippen LogP contribution in [0.3, 0.4) is 0 Å². The molecule has 1 radical (unpaired) electrons. The molecule has 0 N–H and O–H groups in total. The first-order chi connectivity index (χ1) is 18.6. The summed E-state index contributed by atoms with van der Waals surface area (Å²) >= 11 is 0. The third-order valence-corrected chi connectivity index (χ3v) is 10.9. The summed E-state index contributed by atoms with van der Waals surface area (Å²) in [4.78, 5) is 9.20. The number of aromatic nitrogens is 2. The molecule has 40 heavy (non-hydrogen) atoms. The van der Waals surface area contributed by atoms with Gasteiger partial charge in [0.05, 0.1) is 21.7 Å². The van der Waals surface area contributed by atoms with E-state index in [2.05, 4.69) is 97.8 Å². The van der Waals surface area contributed by atoms with Crippen LogP contribution < -0.4 is 10.4 Å². The Labute approximate surface area is 253 Å². The van der Waals surface area contributed by atoms with Crippen LogP contribution in [0.1, 0.15) is 0 Å². The SMILES string of the molecule is C[Si](C)(C)c1ccc(-c2[c-]ccc3c2oc2ccccc23)nc1.C[Si](C)(C)c1ccc(-c2[c-]cccc2)nc1.[Ir]. The average molecular weight is 735 g/mol. The summed E-state index contributed by atoms with van der Waals surface area (Å²) < 4.78 is 6.07. The van der Waals surface area contributed by atoms with Crippen LogP contribution in [0.15, 0.2) is 102 Å². The third kappa shape index (κ3) is 6.59. The summed E-state index contributed by atoms with van der Waals surface area (Å²) in [5.41, 5.74) is 5.67. The van der Waals surface area contributed by atoms with Gasteiger partial charge < -0.3 is 14.4 Å². The second-order valence-corrected chi connectivity index (χ2v) is 22.0. The molecule has 0 saturated carbocycles. The zero-order valence-electron chi connectivity index (χ0n) is 23.9. The minimum atomic E-state index is -1.33. The van der Waals surface area contributed by atoms with Gasteiger partial charge in [-0.05, 0) is 27.8 Å². The Kier molecular flexibility index (Phi) is 9.06. The maximum atomic E-state index is 6.07. The predicted octanol–water partition coefficient (Wildman–Crippen LogP) is 8.08. The molecule has 0 spiro atoms. The fourth-order valence-electron chi connectivity index (χ4n) is 4.42. The van der Waals surface area contributed by atoms with Gasteiger partial charge in [-0.1, -0.05) is 92.7 Å². The van der Waals surface area contributed by atoms with Crippen LogP contribution in [-0.4, -0.2) is 26.1 Å². The molecule has 0 fully saturated rings. The molecule has 3 aromatic heterocycles. The number of fused-ring (bicyclic) bond motifs is 3. The smallest absolute Gasteiger partial charge is 0.120 e. The molecular formula is C34H34IrN2OSi2-2. The van der Waals surface area contributed by atoms with Crippen molar-refractivity contribution < 1.29 is 24.5 Å². The van der Waals surface area contributed by atoms with Crippen LogP contribution >= 0.6 is 0 Å². The summed E-state index contributed by atoms with van der Waals surface area (Å²) in [6.07, 6.45) is 4.03. The molecule has 0 aliphatic rings. The molecular weight excluding hydrogens is 701 g/mol. The molecule has 0 bridgehead atoms. The molecule has 205 valence electrons. The van der Waals surface area contributed by atoms with Crippen molar-refractivity contribution in [3.63, 3.8) is 0 Å². The largest absolute Gasteiger partial charge is 0.501 e. The quantitative estimate of drug-likeness (QED) is 0.136. The third-order valence-electron chi connectivity index (χ3n) is 6.84. The van der Waals surface area contributed by atoms with Crippen molar-refractivity contribution in [2.75, 3.05) is 0 Å². The van der Waals surface area contributed by atoms with E-state index >= 15 is 0 Å². The van der Waals surface area contributed by atoms with Crippen molar-refractivity contribution in [3.05, 3.63) is 109 Å². The first-order valence-electron chi connectivity index (χ1n) is 13.3. The molecule has 6 heteroatoms. The number of hydrogen-bond acceptors (Lipinski definition) is 3. The summed E-state index contributed by atoms with van der Waals surface area (Å²) in [5.74, 6) is 0. The van der Waals surface area contributed by atoms with Crippen LogP contribution in [0.5, 0.6) is 0 Å². The first kappa shape index (κ1) is 29.8. The number of nitrogens with zero attached hydrogens (tertiary/aromatic N) is 2. The summed E-state index contributed by atoms with van der Waals surface area (Å²) in [7, 11) is -2.56.